The number of fused-ring (bicyclic) bond motifs is 4. The van der Waals surface area contributed by atoms with Crippen LogP contribution in [0.25, 0.3) is 0 Å². The number of nitrogens with one attached hydrogen (secondary N) is 1. The molecule has 2 aromatic carbocycles. The van der Waals surface area contributed by atoms with Crippen LogP contribution in [0, 0.1) is 5.92 Å². The van der Waals surface area contributed by atoms with E-state index in [9.17, 15) is 14.4 Å². The number of ether oxygens (including phenoxy) is 2. The first-order valence-corrected chi connectivity index (χ1v) is 9.97. The number of rotatable bonds is 4. The summed E-state index contributed by atoms with van der Waals surface area (Å²) in [6.07, 6.45) is 0.534. The molecule has 2 aromatic rings. The molecule has 2 bridgehead atoms. The van der Waals surface area contributed by atoms with Crippen molar-refractivity contribution in [3.63, 3.8) is 0 Å². The molecule has 4 rings (SSSR count). The number of amides is 2. The summed E-state index contributed by atoms with van der Waals surface area (Å²) in [5.41, 5.74) is 0.998. The highest BCUT2D eigenvalue weighted by Gasteiger charge is 2.54. The Hall–Kier alpha value is -3.35. The Morgan fingerprint density at radius 1 is 1.20 bits per heavy atom. The standard InChI is InChI=1S/C23H24N2O5/c1-4-29-22(28)14-9-11-15(12-10-14)24-20(26)19-17-13-23(2,25(3)21(19)27)30-18-8-6-5-7-16(17)18/h5-12,17,19H,4,13H2,1-3H3,(H,24,26)/t17-,19+,23-/m1/s1. The SMILES string of the molecule is CCOC(=O)c1ccc(NC(=O)[C@H]2C(=O)N(C)[C@@]3(C)C[C@@H]2c2ccccc2O3)cc1. The number of anilines is 1. The molecule has 1 saturated heterocycles. The molecule has 156 valence electrons. The fourth-order valence-electron chi connectivity index (χ4n) is 4.21. The highest BCUT2D eigenvalue weighted by atomic mass is 16.5. The predicted molar refractivity (Wildman–Crippen MR) is 110 cm³/mol. The average Bonchev–Trinajstić information content (AvgIpc) is 2.73. The Morgan fingerprint density at radius 2 is 1.90 bits per heavy atom. The van der Waals surface area contributed by atoms with Gasteiger partial charge in [-0.1, -0.05) is 18.2 Å². The van der Waals surface area contributed by atoms with Crippen LogP contribution in [0.5, 0.6) is 5.75 Å². The summed E-state index contributed by atoms with van der Waals surface area (Å²) in [5.74, 6) is -1.51. The number of hydrogen-bond acceptors (Lipinski definition) is 5. The number of carbonyl (C=O) groups is 3. The van der Waals surface area contributed by atoms with E-state index in [1.165, 1.54) is 4.90 Å². The third kappa shape index (κ3) is 3.30. The molecule has 0 saturated carbocycles. The van der Waals surface area contributed by atoms with E-state index in [2.05, 4.69) is 5.32 Å². The Kier molecular flexibility index (Phi) is 4.97. The zero-order valence-electron chi connectivity index (χ0n) is 17.2. The molecule has 2 heterocycles. The number of esters is 1. The monoisotopic (exact) mass is 408 g/mol. The van der Waals surface area contributed by atoms with Gasteiger partial charge < -0.3 is 19.7 Å². The molecule has 1 N–H and O–H groups in total. The number of hydrogen-bond donors (Lipinski definition) is 1. The number of piperidine rings is 1. The number of likely N-dealkylation sites (tertiary alicyclic amines) is 1. The lowest BCUT2D eigenvalue weighted by atomic mass is 9.73. The average molecular weight is 408 g/mol. The molecule has 7 heteroatoms. The molecule has 3 atom stereocenters. The summed E-state index contributed by atoms with van der Waals surface area (Å²) in [6.45, 7) is 3.90. The van der Waals surface area contributed by atoms with E-state index in [4.69, 9.17) is 9.47 Å². The van der Waals surface area contributed by atoms with Crippen molar-refractivity contribution < 1.29 is 23.9 Å². The minimum atomic E-state index is -0.863. The second kappa shape index (κ2) is 7.48. The minimum absolute atomic E-state index is 0.274. The van der Waals surface area contributed by atoms with Crippen LogP contribution in [-0.4, -0.2) is 42.1 Å². The zero-order chi connectivity index (χ0) is 21.5. The Bertz CT molecular complexity index is 1000. The topological polar surface area (TPSA) is 84.9 Å². The van der Waals surface area contributed by atoms with Crippen LogP contribution in [0.3, 0.4) is 0 Å². The first-order valence-electron chi connectivity index (χ1n) is 9.97. The van der Waals surface area contributed by atoms with Crippen LogP contribution < -0.4 is 10.1 Å². The van der Waals surface area contributed by atoms with E-state index in [0.717, 1.165) is 5.56 Å². The summed E-state index contributed by atoms with van der Waals surface area (Å²) in [4.78, 5) is 39.6. The van der Waals surface area contributed by atoms with Gasteiger partial charge in [-0.2, -0.15) is 0 Å². The summed E-state index contributed by atoms with van der Waals surface area (Å²) >= 11 is 0. The van der Waals surface area contributed by atoms with Crippen LogP contribution in [0.1, 0.15) is 42.1 Å². The van der Waals surface area contributed by atoms with Crippen LogP contribution in [0.2, 0.25) is 0 Å². The maximum Gasteiger partial charge on any atom is 0.338 e. The molecule has 30 heavy (non-hydrogen) atoms. The maximum atomic E-state index is 13.2. The molecule has 1 fully saturated rings. The van der Waals surface area contributed by atoms with Crippen molar-refractivity contribution >= 4 is 23.5 Å². The quantitative estimate of drug-likeness (QED) is 0.620. The number of para-hydroxylation sites is 1. The molecule has 0 unspecified atom stereocenters. The van der Waals surface area contributed by atoms with Crippen LogP contribution >= 0.6 is 0 Å². The minimum Gasteiger partial charge on any atom is -0.468 e. The maximum absolute atomic E-state index is 13.2. The van der Waals surface area contributed by atoms with Crippen molar-refractivity contribution in [3.8, 4) is 5.75 Å². The second-order valence-electron chi connectivity index (χ2n) is 7.79. The number of nitrogens with zero attached hydrogens (tertiary/aromatic N) is 1. The van der Waals surface area contributed by atoms with Gasteiger partial charge in [-0.3, -0.25) is 9.59 Å². The van der Waals surface area contributed by atoms with Gasteiger partial charge in [0, 0.05) is 25.1 Å². The first kappa shape index (κ1) is 19.9. The van der Waals surface area contributed by atoms with Gasteiger partial charge >= 0.3 is 5.97 Å². The number of carbonyl (C=O) groups excluding carboxylic acids is 3. The van der Waals surface area contributed by atoms with E-state index in [0.29, 0.717) is 30.0 Å². The molecule has 7 nitrogen and oxygen atoms in total. The summed E-state index contributed by atoms with van der Waals surface area (Å²) < 4.78 is 11.1. The lowest BCUT2D eigenvalue weighted by Crippen LogP contribution is -2.62. The molecule has 0 aromatic heterocycles. The van der Waals surface area contributed by atoms with Crippen molar-refractivity contribution in [2.75, 3.05) is 19.0 Å². The fraction of sp³-hybridized carbons (Fsp3) is 0.348. The molecule has 0 spiro atoms. The van der Waals surface area contributed by atoms with Gasteiger partial charge in [0.25, 0.3) is 0 Å². The van der Waals surface area contributed by atoms with Gasteiger partial charge in [0.15, 0.2) is 5.72 Å². The molecule has 2 aliphatic heterocycles. The van der Waals surface area contributed by atoms with Gasteiger partial charge in [0.1, 0.15) is 11.7 Å². The zero-order valence-corrected chi connectivity index (χ0v) is 17.2. The van der Waals surface area contributed by atoms with Crippen molar-refractivity contribution in [1.29, 1.82) is 0 Å². The van der Waals surface area contributed by atoms with E-state index in [1.807, 2.05) is 31.2 Å². The second-order valence-corrected chi connectivity index (χ2v) is 7.79. The first-order chi connectivity index (χ1) is 14.3. The Labute approximate surface area is 175 Å². The summed E-state index contributed by atoms with van der Waals surface area (Å²) in [6, 6.07) is 14.0. The Morgan fingerprint density at radius 3 is 2.60 bits per heavy atom. The van der Waals surface area contributed by atoms with Crippen molar-refractivity contribution in [2.45, 2.75) is 31.9 Å². The molecule has 2 amide bonds. The van der Waals surface area contributed by atoms with Crippen LogP contribution in [-0.2, 0) is 14.3 Å². The van der Waals surface area contributed by atoms with Crippen molar-refractivity contribution in [3.05, 3.63) is 59.7 Å². The van der Waals surface area contributed by atoms with Crippen molar-refractivity contribution in [2.24, 2.45) is 5.92 Å². The largest absolute Gasteiger partial charge is 0.468 e. The van der Waals surface area contributed by atoms with E-state index in [1.54, 1.807) is 38.2 Å². The van der Waals surface area contributed by atoms with Gasteiger partial charge in [-0.25, -0.2) is 4.79 Å². The Balaban J connectivity index is 1.59. The lowest BCUT2D eigenvalue weighted by Gasteiger charge is -2.51. The molecule has 2 aliphatic rings. The smallest absolute Gasteiger partial charge is 0.338 e. The predicted octanol–water partition coefficient (Wildman–Crippen LogP) is 3.17. The third-order valence-electron chi connectivity index (χ3n) is 5.90. The lowest BCUT2D eigenvalue weighted by molar-refractivity contribution is -0.170. The number of benzene rings is 2. The van der Waals surface area contributed by atoms with Crippen LogP contribution in [0.4, 0.5) is 5.69 Å². The van der Waals surface area contributed by atoms with E-state index in [-0.39, 0.29) is 17.7 Å². The van der Waals surface area contributed by atoms with Gasteiger partial charge in [-0.15, -0.1) is 0 Å². The van der Waals surface area contributed by atoms with E-state index < -0.39 is 17.6 Å². The normalized spacial score (nSPS) is 24.5. The third-order valence-corrected chi connectivity index (χ3v) is 5.90. The molecule has 0 aliphatic carbocycles. The molecule has 0 radical (unpaired) electrons. The summed E-state index contributed by atoms with van der Waals surface area (Å²) in [7, 11) is 1.67. The fourth-order valence-corrected chi connectivity index (χ4v) is 4.21. The highest BCUT2D eigenvalue weighted by molar-refractivity contribution is 6.08. The van der Waals surface area contributed by atoms with Crippen LogP contribution in [0.15, 0.2) is 48.5 Å². The van der Waals surface area contributed by atoms with Gasteiger partial charge in [0.05, 0.1) is 12.2 Å². The highest BCUT2D eigenvalue weighted by Crippen LogP contribution is 2.49. The van der Waals surface area contributed by atoms with Gasteiger partial charge in [0.2, 0.25) is 11.8 Å². The van der Waals surface area contributed by atoms with Gasteiger partial charge in [-0.05, 0) is 49.7 Å². The summed E-state index contributed by atoms with van der Waals surface area (Å²) in [5, 5.41) is 2.83. The van der Waals surface area contributed by atoms with E-state index >= 15 is 0 Å². The molecular formula is C23H24N2O5. The molecular weight excluding hydrogens is 384 g/mol. The van der Waals surface area contributed by atoms with Crippen molar-refractivity contribution in [1.82, 2.24) is 4.90 Å².